The minimum absolute atomic E-state index is 0.0289. The normalized spacial score (nSPS) is 10.2. The predicted molar refractivity (Wildman–Crippen MR) is 73.5 cm³/mol. The molecule has 0 fully saturated rings. The molecule has 0 spiro atoms. The van der Waals surface area contributed by atoms with E-state index >= 15 is 0 Å². The Morgan fingerprint density at radius 3 is 2.74 bits per heavy atom. The van der Waals surface area contributed by atoms with E-state index in [4.69, 9.17) is 11.6 Å². The fourth-order valence-electron chi connectivity index (χ4n) is 1.50. The summed E-state index contributed by atoms with van der Waals surface area (Å²) in [6.45, 7) is 4.03. The van der Waals surface area contributed by atoms with Crippen LogP contribution in [0.4, 0.5) is 10.1 Å². The zero-order valence-electron chi connectivity index (χ0n) is 9.94. The molecular weight excluding hydrogens is 269 g/mol. The van der Waals surface area contributed by atoms with Crippen molar-refractivity contribution >= 4 is 17.3 Å². The smallest absolute Gasteiger partial charge is 0.292 e. The molecule has 1 heterocycles. The summed E-state index contributed by atoms with van der Waals surface area (Å²) in [5.41, 5.74) is 0.413. The highest BCUT2D eigenvalue weighted by Gasteiger charge is 2.09. The molecule has 0 unspecified atom stereocenters. The van der Waals surface area contributed by atoms with Crippen LogP contribution in [-0.2, 0) is 0 Å². The summed E-state index contributed by atoms with van der Waals surface area (Å²) in [6.07, 6.45) is 3.08. The molecule has 0 bridgehead atoms. The Bertz CT molecular complexity index is 652. The van der Waals surface area contributed by atoms with Crippen molar-refractivity contribution in [1.29, 1.82) is 0 Å². The first-order chi connectivity index (χ1) is 9.13. The van der Waals surface area contributed by atoms with Crippen LogP contribution < -0.4 is 10.9 Å². The largest absolute Gasteiger partial charge is 0.379 e. The molecular formula is C13H11ClFN3O. The van der Waals surface area contributed by atoms with Crippen molar-refractivity contribution < 1.29 is 4.39 Å². The van der Waals surface area contributed by atoms with Gasteiger partial charge in [-0.2, -0.15) is 9.78 Å². The predicted octanol–water partition coefficient (Wildman–Crippen LogP) is 2.62. The van der Waals surface area contributed by atoms with Gasteiger partial charge in [-0.05, 0) is 24.3 Å². The van der Waals surface area contributed by atoms with E-state index in [1.807, 2.05) is 0 Å². The molecule has 19 heavy (non-hydrogen) atoms. The molecule has 2 aromatic rings. The highest BCUT2D eigenvalue weighted by Crippen LogP contribution is 2.16. The molecule has 4 nitrogen and oxygen atoms in total. The van der Waals surface area contributed by atoms with E-state index in [9.17, 15) is 9.18 Å². The van der Waals surface area contributed by atoms with Crippen molar-refractivity contribution in [3.05, 3.63) is 64.3 Å². The number of aromatic nitrogens is 2. The zero-order valence-corrected chi connectivity index (χ0v) is 10.7. The molecule has 0 atom stereocenters. The quantitative estimate of drug-likeness (QED) is 0.875. The van der Waals surface area contributed by atoms with Gasteiger partial charge in [0.1, 0.15) is 10.8 Å². The third-order valence-electron chi connectivity index (χ3n) is 2.43. The second kappa shape index (κ2) is 5.67. The standard InChI is InChI=1S/C13H11ClFN3O/c1-2-7-16-11-8-17-18(13(19)12(11)14)10-5-3-9(15)4-6-10/h2-6,8,16H,1,7H2. The Balaban J connectivity index is 2.43. The molecule has 0 amide bonds. The van der Waals surface area contributed by atoms with E-state index in [0.717, 1.165) is 4.68 Å². The minimum Gasteiger partial charge on any atom is -0.379 e. The Kier molecular flexibility index (Phi) is 3.97. The molecule has 6 heteroatoms. The van der Waals surface area contributed by atoms with E-state index < -0.39 is 5.56 Å². The maximum atomic E-state index is 12.8. The van der Waals surface area contributed by atoms with Crippen LogP contribution in [0.15, 0.2) is 47.9 Å². The maximum Gasteiger partial charge on any atom is 0.292 e. The van der Waals surface area contributed by atoms with Crippen LogP contribution in [0.2, 0.25) is 5.02 Å². The summed E-state index contributed by atoms with van der Waals surface area (Å²) in [5, 5.41) is 6.93. The van der Waals surface area contributed by atoms with E-state index in [1.54, 1.807) is 6.08 Å². The number of nitrogens with zero attached hydrogens (tertiary/aromatic N) is 2. The lowest BCUT2D eigenvalue weighted by Gasteiger charge is -2.08. The van der Waals surface area contributed by atoms with Crippen molar-refractivity contribution in [2.75, 3.05) is 11.9 Å². The molecule has 0 saturated heterocycles. The lowest BCUT2D eigenvalue weighted by molar-refractivity contribution is 0.626. The van der Waals surface area contributed by atoms with Gasteiger partial charge in [0.05, 0.1) is 17.6 Å². The van der Waals surface area contributed by atoms with E-state index in [2.05, 4.69) is 17.0 Å². The second-order valence-electron chi connectivity index (χ2n) is 3.74. The van der Waals surface area contributed by atoms with Crippen molar-refractivity contribution in [3.63, 3.8) is 0 Å². The van der Waals surface area contributed by atoms with Crippen molar-refractivity contribution in [3.8, 4) is 5.69 Å². The van der Waals surface area contributed by atoms with Crippen LogP contribution in [0.1, 0.15) is 0 Å². The van der Waals surface area contributed by atoms with Gasteiger partial charge in [-0.3, -0.25) is 4.79 Å². The average Bonchev–Trinajstić information content (AvgIpc) is 2.42. The minimum atomic E-state index is -0.470. The molecule has 0 aliphatic heterocycles. The van der Waals surface area contributed by atoms with Gasteiger partial charge in [-0.15, -0.1) is 6.58 Å². The van der Waals surface area contributed by atoms with Gasteiger partial charge < -0.3 is 5.32 Å². The Labute approximate surface area is 114 Å². The number of nitrogens with one attached hydrogen (secondary N) is 1. The van der Waals surface area contributed by atoms with Crippen molar-refractivity contribution in [2.24, 2.45) is 0 Å². The lowest BCUT2D eigenvalue weighted by Crippen LogP contribution is -2.22. The third kappa shape index (κ3) is 2.82. The number of hydrogen-bond donors (Lipinski definition) is 1. The molecule has 1 aromatic heterocycles. The molecule has 0 radical (unpaired) electrons. The van der Waals surface area contributed by atoms with Gasteiger partial charge in [0, 0.05) is 6.54 Å². The molecule has 98 valence electrons. The van der Waals surface area contributed by atoms with Crippen LogP contribution in [0.5, 0.6) is 0 Å². The van der Waals surface area contributed by atoms with Gasteiger partial charge in [0.2, 0.25) is 0 Å². The summed E-state index contributed by atoms with van der Waals surface area (Å²) in [4.78, 5) is 12.0. The number of rotatable bonds is 4. The van der Waals surface area contributed by atoms with Crippen LogP contribution in [0, 0.1) is 5.82 Å². The fourth-order valence-corrected chi connectivity index (χ4v) is 1.70. The number of anilines is 1. The van der Waals surface area contributed by atoms with Gasteiger partial charge in [0.15, 0.2) is 0 Å². The highest BCUT2D eigenvalue weighted by atomic mass is 35.5. The summed E-state index contributed by atoms with van der Waals surface area (Å²) < 4.78 is 13.9. The van der Waals surface area contributed by atoms with Crippen LogP contribution in [0.25, 0.3) is 5.69 Å². The monoisotopic (exact) mass is 279 g/mol. The first-order valence-electron chi connectivity index (χ1n) is 5.52. The van der Waals surface area contributed by atoms with Gasteiger partial charge in [-0.1, -0.05) is 17.7 Å². The van der Waals surface area contributed by atoms with Crippen molar-refractivity contribution in [1.82, 2.24) is 9.78 Å². The van der Waals surface area contributed by atoms with Crippen LogP contribution in [0.3, 0.4) is 0 Å². The van der Waals surface area contributed by atoms with Gasteiger partial charge in [0.25, 0.3) is 5.56 Å². The number of benzene rings is 1. The second-order valence-corrected chi connectivity index (χ2v) is 4.11. The highest BCUT2D eigenvalue weighted by molar-refractivity contribution is 6.32. The molecule has 2 rings (SSSR count). The molecule has 1 N–H and O–H groups in total. The van der Waals surface area contributed by atoms with Gasteiger partial charge in [-0.25, -0.2) is 4.39 Å². The molecule has 0 saturated carbocycles. The molecule has 0 aliphatic carbocycles. The fraction of sp³-hybridized carbons (Fsp3) is 0.0769. The Hall–Kier alpha value is -2.14. The van der Waals surface area contributed by atoms with E-state index in [0.29, 0.717) is 17.9 Å². The molecule has 0 aliphatic rings. The number of halogens is 2. The summed E-state index contributed by atoms with van der Waals surface area (Å²) in [5.74, 6) is -0.382. The summed E-state index contributed by atoms with van der Waals surface area (Å²) in [6, 6.07) is 5.41. The van der Waals surface area contributed by atoms with Crippen molar-refractivity contribution in [2.45, 2.75) is 0 Å². The van der Waals surface area contributed by atoms with E-state index in [-0.39, 0.29) is 10.8 Å². The Morgan fingerprint density at radius 2 is 2.11 bits per heavy atom. The zero-order chi connectivity index (χ0) is 13.8. The average molecular weight is 280 g/mol. The topological polar surface area (TPSA) is 46.9 Å². The maximum absolute atomic E-state index is 12.8. The first kappa shape index (κ1) is 13.3. The summed E-state index contributed by atoms with van der Waals surface area (Å²) >= 11 is 5.97. The molecule has 1 aromatic carbocycles. The third-order valence-corrected chi connectivity index (χ3v) is 2.79. The first-order valence-corrected chi connectivity index (χ1v) is 5.90. The lowest BCUT2D eigenvalue weighted by atomic mass is 10.3. The number of hydrogen-bond acceptors (Lipinski definition) is 3. The summed E-state index contributed by atoms with van der Waals surface area (Å²) in [7, 11) is 0. The van der Waals surface area contributed by atoms with E-state index in [1.165, 1.54) is 30.5 Å². The Morgan fingerprint density at radius 1 is 1.42 bits per heavy atom. The SMILES string of the molecule is C=CCNc1cnn(-c2ccc(F)cc2)c(=O)c1Cl. The van der Waals surface area contributed by atoms with Crippen LogP contribution in [-0.4, -0.2) is 16.3 Å². The van der Waals surface area contributed by atoms with Crippen LogP contribution >= 0.6 is 11.6 Å². The van der Waals surface area contributed by atoms with Gasteiger partial charge >= 0.3 is 0 Å².